The van der Waals surface area contributed by atoms with Crippen LogP contribution < -0.4 is 9.47 Å². The normalized spacial score (nSPS) is 12.2. The second kappa shape index (κ2) is 11.7. The van der Waals surface area contributed by atoms with Crippen LogP contribution in [0.2, 0.25) is 0 Å². The van der Waals surface area contributed by atoms with Gasteiger partial charge >= 0.3 is 5.97 Å². The average Bonchev–Trinajstić information content (AvgIpc) is 2.67. The first-order chi connectivity index (χ1) is 12.4. The number of esters is 1. The topological polar surface area (TPSA) is 81.1 Å². The molecule has 2 rings (SSSR count). The van der Waals surface area contributed by atoms with Crippen molar-refractivity contribution in [2.45, 2.75) is 5.60 Å². The molecule has 1 N–H and O–H groups in total. The fourth-order valence-corrected chi connectivity index (χ4v) is 2.47. The Morgan fingerprint density at radius 3 is 2.32 bits per heavy atom. The molecule has 0 saturated carbocycles. The van der Waals surface area contributed by atoms with Crippen molar-refractivity contribution in [2.24, 2.45) is 0 Å². The lowest BCUT2D eigenvalue weighted by molar-refractivity contribution is -0.162. The van der Waals surface area contributed by atoms with Gasteiger partial charge in [-0.1, -0.05) is 12.1 Å². The van der Waals surface area contributed by atoms with Gasteiger partial charge in [0.05, 0.1) is 14.2 Å². The molecule has 9 heteroatoms. The zero-order valence-corrected chi connectivity index (χ0v) is 17.9. The van der Waals surface area contributed by atoms with E-state index in [4.69, 9.17) is 14.2 Å². The Labute approximate surface area is 177 Å². The van der Waals surface area contributed by atoms with Crippen molar-refractivity contribution < 1.29 is 24.1 Å². The largest absolute Gasteiger partial charge is 0.493 e. The maximum absolute atomic E-state index is 12.8. The maximum atomic E-state index is 12.8. The zero-order chi connectivity index (χ0) is 19.2. The minimum Gasteiger partial charge on any atom is -0.493 e. The van der Waals surface area contributed by atoms with Crippen molar-refractivity contribution in [1.82, 2.24) is 9.88 Å². The van der Waals surface area contributed by atoms with Gasteiger partial charge in [-0.25, -0.2) is 4.79 Å². The molecule has 0 aliphatic rings. The first-order valence-corrected chi connectivity index (χ1v) is 8.10. The molecule has 0 fully saturated rings. The highest BCUT2D eigenvalue weighted by atomic mass is 35.5. The third-order valence-corrected chi connectivity index (χ3v) is 3.95. The quantitative estimate of drug-likeness (QED) is 0.640. The number of hydrogen-bond acceptors (Lipinski definition) is 7. The van der Waals surface area contributed by atoms with E-state index >= 15 is 0 Å². The van der Waals surface area contributed by atoms with Gasteiger partial charge in [0.1, 0.15) is 6.61 Å². The van der Waals surface area contributed by atoms with E-state index in [9.17, 15) is 9.90 Å². The van der Waals surface area contributed by atoms with E-state index in [0.29, 0.717) is 29.2 Å². The fraction of sp³-hybridized carbons (Fsp3) is 0.368. The summed E-state index contributed by atoms with van der Waals surface area (Å²) in [5.74, 6) is 0.110. The molecular formula is C19H26Cl2N2O5. The molecule has 1 unspecified atom stereocenters. The Bertz CT molecular complexity index is 746. The number of rotatable bonds is 8. The number of aromatic nitrogens is 1. The summed E-state index contributed by atoms with van der Waals surface area (Å²) >= 11 is 0. The molecule has 28 heavy (non-hydrogen) atoms. The lowest BCUT2D eigenvalue weighted by atomic mass is 9.87. The highest BCUT2D eigenvalue weighted by molar-refractivity contribution is 5.86. The highest BCUT2D eigenvalue weighted by Crippen LogP contribution is 2.36. The van der Waals surface area contributed by atoms with Crippen molar-refractivity contribution in [2.75, 3.05) is 41.5 Å². The number of benzene rings is 1. The summed E-state index contributed by atoms with van der Waals surface area (Å²) in [5, 5.41) is 11.3. The second-order valence-electron chi connectivity index (χ2n) is 5.96. The smallest absolute Gasteiger partial charge is 0.347 e. The third kappa shape index (κ3) is 5.72. The molecule has 0 spiro atoms. The van der Waals surface area contributed by atoms with Crippen LogP contribution in [-0.2, 0) is 15.1 Å². The monoisotopic (exact) mass is 432 g/mol. The molecule has 0 radical (unpaired) electrons. The molecule has 1 aromatic carbocycles. The number of ether oxygens (including phenoxy) is 3. The summed E-state index contributed by atoms with van der Waals surface area (Å²) in [7, 11) is 6.74. The van der Waals surface area contributed by atoms with Crippen LogP contribution in [-0.4, -0.2) is 62.4 Å². The first kappa shape index (κ1) is 25.9. The number of carbonyl (C=O) groups excluding carboxylic acids is 1. The number of pyridine rings is 1. The molecule has 0 bridgehead atoms. The summed E-state index contributed by atoms with van der Waals surface area (Å²) in [4.78, 5) is 18.7. The number of nitrogens with zero attached hydrogens (tertiary/aromatic N) is 2. The molecule has 1 atom stereocenters. The Hall–Kier alpha value is -2.06. The van der Waals surface area contributed by atoms with Crippen LogP contribution >= 0.6 is 24.8 Å². The molecule has 2 aromatic rings. The van der Waals surface area contributed by atoms with Crippen LogP contribution in [0.1, 0.15) is 11.1 Å². The number of halogens is 2. The lowest BCUT2D eigenvalue weighted by Gasteiger charge is -2.27. The zero-order valence-electron chi connectivity index (χ0n) is 16.2. The SMILES string of the molecule is COc1ccc(C(O)(C(=O)OCCN(C)C)c2cccnc2)cc1OC.Cl.Cl. The minimum atomic E-state index is -2.01. The Kier molecular flexibility index (Phi) is 10.8. The van der Waals surface area contributed by atoms with Gasteiger partial charge in [-0.05, 0) is 32.3 Å². The molecule has 0 amide bonds. The average molecular weight is 433 g/mol. The Balaban J connectivity index is 0.00000364. The predicted octanol–water partition coefficient (Wildman–Crippen LogP) is 2.28. The van der Waals surface area contributed by atoms with E-state index < -0.39 is 11.6 Å². The Morgan fingerprint density at radius 2 is 1.79 bits per heavy atom. The van der Waals surface area contributed by atoms with Gasteiger partial charge < -0.3 is 24.2 Å². The van der Waals surface area contributed by atoms with Gasteiger partial charge in [-0.3, -0.25) is 4.98 Å². The molecule has 1 aromatic heterocycles. The van der Waals surface area contributed by atoms with Gasteiger partial charge in [-0.15, -0.1) is 24.8 Å². The Morgan fingerprint density at radius 1 is 1.11 bits per heavy atom. The minimum absolute atomic E-state index is 0. The van der Waals surface area contributed by atoms with E-state index in [1.807, 2.05) is 19.0 Å². The van der Waals surface area contributed by atoms with E-state index in [1.165, 1.54) is 20.4 Å². The maximum Gasteiger partial charge on any atom is 0.347 e. The molecular weight excluding hydrogens is 407 g/mol. The van der Waals surface area contributed by atoms with Crippen LogP contribution in [0.5, 0.6) is 11.5 Å². The van der Waals surface area contributed by atoms with Gasteiger partial charge in [0.15, 0.2) is 11.5 Å². The van der Waals surface area contributed by atoms with Crippen molar-refractivity contribution in [3.63, 3.8) is 0 Å². The summed E-state index contributed by atoms with van der Waals surface area (Å²) in [6, 6.07) is 8.05. The summed E-state index contributed by atoms with van der Waals surface area (Å²) in [6.07, 6.45) is 3.00. The number of hydrogen-bond donors (Lipinski definition) is 1. The molecule has 0 aliphatic carbocycles. The van der Waals surface area contributed by atoms with Crippen molar-refractivity contribution in [1.29, 1.82) is 0 Å². The van der Waals surface area contributed by atoms with Crippen LogP contribution in [0.4, 0.5) is 0 Å². The van der Waals surface area contributed by atoms with E-state index in [0.717, 1.165) is 0 Å². The van der Waals surface area contributed by atoms with Gasteiger partial charge in [0.25, 0.3) is 0 Å². The number of likely N-dealkylation sites (N-methyl/N-ethyl adjacent to an activating group) is 1. The standard InChI is InChI=1S/C19H24N2O5.2ClH/c1-21(2)10-11-26-18(22)19(23,15-6-5-9-20-13-15)14-7-8-16(24-3)17(12-14)25-4;;/h5-9,12-13,23H,10-11H2,1-4H3;2*1H. The van der Waals surface area contributed by atoms with Crippen LogP contribution in [0.25, 0.3) is 0 Å². The number of methoxy groups -OCH3 is 2. The predicted molar refractivity (Wildman–Crippen MR) is 111 cm³/mol. The van der Waals surface area contributed by atoms with Crippen LogP contribution in [0, 0.1) is 0 Å². The third-order valence-electron chi connectivity index (χ3n) is 3.95. The molecule has 7 nitrogen and oxygen atoms in total. The molecule has 1 heterocycles. The lowest BCUT2D eigenvalue weighted by Crippen LogP contribution is -2.39. The van der Waals surface area contributed by atoms with E-state index in [2.05, 4.69) is 4.98 Å². The van der Waals surface area contributed by atoms with Crippen molar-refractivity contribution in [3.05, 3.63) is 53.9 Å². The van der Waals surface area contributed by atoms with Gasteiger partial charge in [-0.2, -0.15) is 0 Å². The van der Waals surface area contributed by atoms with Crippen molar-refractivity contribution in [3.8, 4) is 11.5 Å². The molecule has 0 aliphatic heterocycles. The fourth-order valence-electron chi connectivity index (χ4n) is 2.47. The van der Waals surface area contributed by atoms with Gasteiger partial charge in [0, 0.05) is 30.1 Å². The summed E-state index contributed by atoms with van der Waals surface area (Å²) < 4.78 is 15.8. The summed E-state index contributed by atoms with van der Waals surface area (Å²) in [5.41, 5.74) is -1.40. The van der Waals surface area contributed by atoms with Crippen LogP contribution in [0.15, 0.2) is 42.7 Å². The van der Waals surface area contributed by atoms with Gasteiger partial charge in [0.2, 0.25) is 5.60 Å². The molecule has 0 saturated heterocycles. The molecule has 156 valence electrons. The number of aliphatic hydroxyl groups is 1. The second-order valence-corrected chi connectivity index (χ2v) is 5.96. The summed E-state index contributed by atoms with van der Waals surface area (Å²) in [6.45, 7) is 0.697. The van der Waals surface area contributed by atoms with Crippen molar-refractivity contribution >= 4 is 30.8 Å². The first-order valence-electron chi connectivity index (χ1n) is 8.10. The number of carbonyl (C=O) groups is 1. The highest BCUT2D eigenvalue weighted by Gasteiger charge is 2.42. The van der Waals surface area contributed by atoms with Crippen LogP contribution in [0.3, 0.4) is 0 Å². The van der Waals surface area contributed by atoms with E-state index in [1.54, 1.807) is 36.5 Å². The van der Waals surface area contributed by atoms with E-state index in [-0.39, 0.29) is 31.4 Å².